The third-order valence-electron chi connectivity index (χ3n) is 1.83. The van der Waals surface area contributed by atoms with Crippen LogP contribution >= 0.6 is 0 Å². The number of hydrogen-bond acceptors (Lipinski definition) is 0. The van der Waals surface area contributed by atoms with E-state index in [0.717, 1.165) is 0 Å². The van der Waals surface area contributed by atoms with Gasteiger partial charge in [-0.25, -0.2) is 0 Å². The third-order valence-corrected chi connectivity index (χ3v) is 1.83. The fourth-order valence-corrected chi connectivity index (χ4v) is 1.25. The number of H-pyrrole nitrogens is 1. The molecule has 0 spiro atoms. The monoisotopic (exact) mass is 161 g/mol. The first-order valence-electron chi connectivity index (χ1n) is 4.23. The van der Waals surface area contributed by atoms with E-state index in [1.807, 2.05) is 26.1 Å². The van der Waals surface area contributed by atoms with Crippen LogP contribution in [0.25, 0.3) is 12.2 Å². The summed E-state index contributed by atoms with van der Waals surface area (Å²) in [6.45, 7) is 6.17. The van der Waals surface area contributed by atoms with Crippen LogP contribution in [-0.2, 0) is 0 Å². The quantitative estimate of drug-likeness (QED) is 0.684. The molecule has 0 saturated carbocycles. The van der Waals surface area contributed by atoms with Crippen molar-refractivity contribution in [2.24, 2.45) is 0 Å². The van der Waals surface area contributed by atoms with E-state index in [1.54, 1.807) is 0 Å². The highest BCUT2D eigenvalue weighted by molar-refractivity contribution is 5.65. The van der Waals surface area contributed by atoms with E-state index >= 15 is 0 Å². The molecule has 0 radical (unpaired) electrons. The molecule has 1 aromatic heterocycles. The standard InChI is InChI=1S/C11H15N/c1-4-6-10-9(3)8-12-11(10)7-5-2/h4-8,12H,1-3H3/b6-4?,7-5-. The lowest BCUT2D eigenvalue weighted by atomic mass is 10.1. The molecule has 0 unspecified atom stereocenters. The van der Waals surface area contributed by atoms with E-state index in [1.165, 1.54) is 16.8 Å². The van der Waals surface area contributed by atoms with Gasteiger partial charge in [0.25, 0.3) is 0 Å². The van der Waals surface area contributed by atoms with Gasteiger partial charge in [-0.3, -0.25) is 0 Å². The van der Waals surface area contributed by atoms with E-state index < -0.39 is 0 Å². The second-order valence-corrected chi connectivity index (χ2v) is 2.80. The molecule has 0 amide bonds. The van der Waals surface area contributed by atoms with Crippen molar-refractivity contribution in [2.45, 2.75) is 20.8 Å². The van der Waals surface area contributed by atoms with Gasteiger partial charge >= 0.3 is 0 Å². The van der Waals surface area contributed by atoms with Crippen LogP contribution in [0, 0.1) is 6.92 Å². The first-order chi connectivity index (χ1) is 5.79. The minimum absolute atomic E-state index is 1.19. The molecule has 0 atom stereocenters. The number of aryl methyl sites for hydroxylation is 1. The molecule has 1 nitrogen and oxygen atoms in total. The number of hydrogen-bond donors (Lipinski definition) is 1. The van der Waals surface area contributed by atoms with Gasteiger partial charge in [-0.1, -0.05) is 18.2 Å². The van der Waals surface area contributed by atoms with E-state index in [-0.39, 0.29) is 0 Å². The van der Waals surface area contributed by atoms with Crippen molar-refractivity contribution >= 4 is 12.2 Å². The Bertz CT molecular complexity index is 303. The molecule has 0 saturated heterocycles. The highest BCUT2D eigenvalue weighted by Gasteiger charge is 2.00. The number of rotatable bonds is 2. The Balaban J connectivity index is 3.12. The lowest BCUT2D eigenvalue weighted by Gasteiger charge is -1.92. The molecule has 1 heteroatoms. The predicted octanol–water partition coefficient (Wildman–Crippen LogP) is 3.39. The highest BCUT2D eigenvalue weighted by Crippen LogP contribution is 2.16. The van der Waals surface area contributed by atoms with Crippen LogP contribution < -0.4 is 0 Å². The molecule has 0 aliphatic heterocycles. The van der Waals surface area contributed by atoms with E-state index in [4.69, 9.17) is 0 Å². The average Bonchev–Trinajstić information content (AvgIpc) is 2.37. The third kappa shape index (κ3) is 1.67. The molecule has 1 aromatic rings. The number of nitrogens with one attached hydrogen (secondary N) is 1. The van der Waals surface area contributed by atoms with Gasteiger partial charge in [0, 0.05) is 17.5 Å². The van der Waals surface area contributed by atoms with Crippen molar-refractivity contribution in [3.8, 4) is 0 Å². The molecule has 0 fully saturated rings. The van der Waals surface area contributed by atoms with Gasteiger partial charge in [0.15, 0.2) is 0 Å². The first kappa shape index (κ1) is 8.85. The molecule has 0 aliphatic carbocycles. The van der Waals surface area contributed by atoms with Crippen LogP contribution in [0.2, 0.25) is 0 Å². The molecule has 64 valence electrons. The number of aromatic amines is 1. The maximum absolute atomic E-state index is 3.22. The van der Waals surface area contributed by atoms with Crippen molar-refractivity contribution in [3.05, 3.63) is 35.2 Å². The number of allylic oxidation sites excluding steroid dienone is 2. The largest absolute Gasteiger partial charge is 0.361 e. The molecular weight excluding hydrogens is 146 g/mol. The average molecular weight is 161 g/mol. The zero-order valence-electron chi connectivity index (χ0n) is 7.89. The molecular formula is C11H15N. The van der Waals surface area contributed by atoms with Gasteiger partial charge < -0.3 is 4.98 Å². The van der Waals surface area contributed by atoms with Crippen LogP contribution in [0.1, 0.15) is 30.7 Å². The summed E-state index contributed by atoms with van der Waals surface area (Å²) < 4.78 is 0. The normalized spacial score (nSPS) is 11.9. The summed E-state index contributed by atoms with van der Waals surface area (Å²) in [6.07, 6.45) is 10.3. The van der Waals surface area contributed by atoms with Crippen LogP contribution in [-0.4, -0.2) is 4.98 Å². The second kappa shape index (κ2) is 3.96. The Hall–Kier alpha value is -1.24. The first-order valence-corrected chi connectivity index (χ1v) is 4.23. The van der Waals surface area contributed by atoms with Crippen molar-refractivity contribution in [1.82, 2.24) is 4.98 Å². The lowest BCUT2D eigenvalue weighted by Crippen LogP contribution is -1.76. The second-order valence-electron chi connectivity index (χ2n) is 2.80. The SMILES string of the molecule is CC=Cc1c(C)c[nH]c1/C=C\C. The Kier molecular flexibility index (Phi) is 2.92. The molecule has 12 heavy (non-hydrogen) atoms. The molecule has 0 bridgehead atoms. The van der Waals surface area contributed by atoms with Crippen LogP contribution in [0.5, 0.6) is 0 Å². The van der Waals surface area contributed by atoms with Crippen molar-refractivity contribution in [3.63, 3.8) is 0 Å². The molecule has 0 aliphatic rings. The fraction of sp³-hybridized carbons (Fsp3) is 0.273. The van der Waals surface area contributed by atoms with E-state index in [9.17, 15) is 0 Å². The minimum atomic E-state index is 1.19. The molecule has 0 aromatic carbocycles. The van der Waals surface area contributed by atoms with Crippen molar-refractivity contribution in [2.75, 3.05) is 0 Å². The zero-order valence-corrected chi connectivity index (χ0v) is 7.89. The van der Waals surface area contributed by atoms with E-state index in [2.05, 4.69) is 30.1 Å². The van der Waals surface area contributed by atoms with Gasteiger partial charge in [-0.2, -0.15) is 0 Å². The van der Waals surface area contributed by atoms with Gasteiger partial charge in [-0.15, -0.1) is 0 Å². The van der Waals surface area contributed by atoms with E-state index in [0.29, 0.717) is 0 Å². The number of aromatic nitrogens is 1. The van der Waals surface area contributed by atoms with Gasteiger partial charge in [0.05, 0.1) is 0 Å². The molecule has 1 N–H and O–H groups in total. The molecule has 1 rings (SSSR count). The van der Waals surface area contributed by atoms with Gasteiger partial charge in [0.1, 0.15) is 0 Å². The topological polar surface area (TPSA) is 15.8 Å². The Morgan fingerprint density at radius 3 is 2.42 bits per heavy atom. The van der Waals surface area contributed by atoms with Crippen LogP contribution in [0.3, 0.4) is 0 Å². The van der Waals surface area contributed by atoms with Gasteiger partial charge in [0.2, 0.25) is 0 Å². The van der Waals surface area contributed by atoms with Crippen molar-refractivity contribution in [1.29, 1.82) is 0 Å². The maximum atomic E-state index is 3.22. The summed E-state index contributed by atoms with van der Waals surface area (Å²) in [7, 11) is 0. The Morgan fingerprint density at radius 1 is 1.17 bits per heavy atom. The summed E-state index contributed by atoms with van der Waals surface area (Å²) in [4.78, 5) is 3.22. The summed E-state index contributed by atoms with van der Waals surface area (Å²) >= 11 is 0. The lowest BCUT2D eigenvalue weighted by molar-refractivity contribution is 1.36. The van der Waals surface area contributed by atoms with Crippen LogP contribution in [0.15, 0.2) is 18.3 Å². The van der Waals surface area contributed by atoms with Crippen molar-refractivity contribution < 1.29 is 0 Å². The maximum Gasteiger partial charge on any atom is 0.0453 e. The zero-order chi connectivity index (χ0) is 8.97. The van der Waals surface area contributed by atoms with Crippen LogP contribution in [0.4, 0.5) is 0 Å². The summed E-state index contributed by atoms with van der Waals surface area (Å²) in [5.74, 6) is 0. The summed E-state index contributed by atoms with van der Waals surface area (Å²) in [5.41, 5.74) is 3.77. The molecule has 1 heterocycles. The fourth-order valence-electron chi connectivity index (χ4n) is 1.25. The highest BCUT2D eigenvalue weighted by atomic mass is 14.7. The Morgan fingerprint density at radius 2 is 1.83 bits per heavy atom. The summed E-state index contributed by atoms with van der Waals surface area (Å²) in [6, 6.07) is 0. The smallest absolute Gasteiger partial charge is 0.0453 e. The predicted molar refractivity (Wildman–Crippen MR) is 54.9 cm³/mol. The minimum Gasteiger partial charge on any atom is -0.361 e. The summed E-state index contributed by atoms with van der Waals surface area (Å²) in [5, 5.41) is 0. The Labute approximate surface area is 73.8 Å². The van der Waals surface area contributed by atoms with Gasteiger partial charge in [-0.05, 0) is 32.4 Å².